The Morgan fingerprint density at radius 3 is 2.74 bits per heavy atom. The summed E-state index contributed by atoms with van der Waals surface area (Å²) in [6.07, 6.45) is 1.31. The highest BCUT2D eigenvalue weighted by atomic mass is 19.1. The molecule has 1 amide bonds. The van der Waals surface area contributed by atoms with Crippen molar-refractivity contribution in [2.24, 2.45) is 0 Å². The van der Waals surface area contributed by atoms with Gasteiger partial charge in [-0.25, -0.2) is 18.0 Å². The number of hydrogen-bond donors (Lipinski definition) is 3. The van der Waals surface area contributed by atoms with Gasteiger partial charge in [0.15, 0.2) is 0 Å². The van der Waals surface area contributed by atoms with Gasteiger partial charge in [-0.3, -0.25) is 14.9 Å². The minimum atomic E-state index is -1.23. The van der Waals surface area contributed by atoms with E-state index < -0.39 is 29.8 Å². The number of carboxylic acid groups (broad SMARTS) is 1. The minimum absolute atomic E-state index is 0.0545. The summed E-state index contributed by atoms with van der Waals surface area (Å²) in [5.74, 6) is -1.54. The fraction of sp³-hybridized carbons (Fsp3) is 0.360. The van der Waals surface area contributed by atoms with Crippen LogP contribution in [0.1, 0.15) is 34.8 Å². The molecule has 3 aromatic rings. The molecule has 35 heavy (non-hydrogen) atoms. The topological polar surface area (TPSA) is 84.5 Å². The van der Waals surface area contributed by atoms with Gasteiger partial charge in [0.1, 0.15) is 17.5 Å². The van der Waals surface area contributed by atoms with Crippen LogP contribution >= 0.6 is 0 Å². The Labute approximate surface area is 200 Å². The Hall–Kier alpha value is -3.37. The van der Waals surface area contributed by atoms with Crippen molar-refractivity contribution in [2.45, 2.75) is 44.1 Å². The first-order chi connectivity index (χ1) is 16.9. The van der Waals surface area contributed by atoms with Gasteiger partial charge in [0.2, 0.25) is 0 Å². The van der Waals surface area contributed by atoms with Gasteiger partial charge in [-0.15, -0.1) is 0 Å². The quantitative estimate of drug-likeness (QED) is 0.494. The Morgan fingerprint density at radius 2 is 1.97 bits per heavy atom. The van der Waals surface area contributed by atoms with E-state index in [1.165, 1.54) is 6.07 Å². The van der Waals surface area contributed by atoms with Crippen LogP contribution in [0.2, 0.25) is 0 Å². The second-order valence-electron chi connectivity index (χ2n) is 9.17. The van der Waals surface area contributed by atoms with Crippen LogP contribution in [0.25, 0.3) is 0 Å². The molecule has 5 rings (SSSR count). The second-order valence-corrected chi connectivity index (χ2v) is 9.17. The van der Waals surface area contributed by atoms with Crippen LogP contribution in [-0.4, -0.2) is 56.4 Å². The molecular formula is C25H26F3N5O2. The Balaban J connectivity index is 1.47. The molecular weight excluding hydrogens is 459 g/mol. The number of fused-ring (bicyclic) bond motifs is 1. The van der Waals surface area contributed by atoms with Crippen LogP contribution in [0.4, 0.5) is 18.0 Å². The van der Waals surface area contributed by atoms with Gasteiger partial charge in [-0.1, -0.05) is 18.2 Å². The molecule has 0 radical (unpaired) electrons. The van der Waals surface area contributed by atoms with Crippen molar-refractivity contribution in [1.29, 1.82) is 0 Å². The van der Waals surface area contributed by atoms with Crippen molar-refractivity contribution in [2.75, 3.05) is 13.1 Å². The summed E-state index contributed by atoms with van der Waals surface area (Å²) >= 11 is 0. The lowest BCUT2D eigenvalue weighted by Crippen LogP contribution is -2.58. The summed E-state index contributed by atoms with van der Waals surface area (Å²) in [6, 6.07) is 8.18. The average molecular weight is 486 g/mol. The van der Waals surface area contributed by atoms with Crippen LogP contribution in [0, 0.1) is 17.5 Å². The first-order valence-electron chi connectivity index (χ1n) is 11.6. The van der Waals surface area contributed by atoms with Crippen molar-refractivity contribution >= 4 is 6.09 Å². The second kappa shape index (κ2) is 9.71. The summed E-state index contributed by atoms with van der Waals surface area (Å²) < 4.78 is 43.5. The number of likely N-dealkylation sites (tertiary alicyclic amines) is 1. The smallest absolute Gasteiger partial charge is 0.404 e. The number of hydrogen-bond acceptors (Lipinski definition) is 4. The van der Waals surface area contributed by atoms with Gasteiger partial charge in [-0.2, -0.15) is 5.10 Å². The lowest BCUT2D eigenvalue weighted by molar-refractivity contribution is 0.0320. The van der Waals surface area contributed by atoms with E-state index >= 15 is 0 Å². The molecule has 2 aromatic carbocycles. The predicted octanol–water partition coefficient (Wildman–Crippen LogP) is 3.84. The maximum atomic E-state index is 15.0. The highest BCUT2D eigenvalue weighted by molar-refractivity contribution is 5.65. The van der Waals surface area contributed by atoms with Crippen molar-refractivity contribution < 1.29 is 23.1 Å². The average Bonchev–Trinajstić information content (AvgIpc) is 3.42. The van der Waals surface area contributed by atoms with E-state index in [-0.39, 0.29) is 17.4 Å². The molecule has 7 nitrogen and oxygen atoms in total. The van der Waals surface area contributed by atoms with Crippen LogP contribution in [0.3, 0.4) is 0 Å². The molecule has 0 aliphatic carbocycles. The number of H-pyrrole nitrogens is 1. The molecule has 2 aliphatic rings. The Bertz CT molecular complexity index is 1200. The molecule has 184 valence electrons. The third-order valence-electron chi connectivity index (χ3n) is 7.02. The lowest BCUT2D eigenvalue weighted by atomic mass is 9.86. The molecule has 3 atom stereocenters. The maximum absolute atomic E-state index is 15.0. The van der Waals surface area contributed by atoms with Crippen LogP contribution in [0.5, 0.6) is 0 Å². The van der Waals surface area contributed by atoms with Gasteiger partial charge in [-0.05, 0) is 42.7 Å². The summed E-state index contributed by atoms with van der Waals surface area (Å²) in [4.78, 5) is 15.9. The van der Waals surface area contributed by atoms with Gasteiger partial charge in [0, 0.05) is 43.3 Å². The van der Waals surface area contributed by atoms with Crippen LogP contribution in [0.15, 0.2) is 48.7 Å². The SMILES string of the molecule is O=C(O)N[C@H]1C[C@@H](N2Cc3cn[nH]c3C2)CN(CCc2ccccc2F)[C@@H]1c1cc(F)ccc1F. The largest absolute Gasteiger partial charge is 0.465 e. The lowest BCUT2D eigenvalue weighted by Gasteiger charge is -2.47. The van der Waals surface area contributed by atoms with Crippen molar-refractivity contribution in [3.05, 3.63) is 88.5 Å². The van der Waals surface area contributed by atoms with Crippen molar-refractivity contribution in [1.82, 2.24) is 25.3 Å². The highest BCUT2D eigenvalue weighted by Gasteiger charge is 2.42. The van der Waals surface area contributed by atoms with Crippen LogP contribution < -0.4 is 5.32 Å². The van der Waals surface area contributed by atoms with Crippen LogP contribution in [-0.2, 0) is 19.5 Å². The summed E-state index contributed by atoms with van der Waals surface area (Å²) in [5, 5.41) is 19.2. The summed E-state index contributed by atoms with van der Waals surface area (Å²) in [5.41, 5.74) is 2.71. The number of nitrogens with zero attached hydrogens (tertiary/aromatic N) is 3. The molecule has 1 saturated heterocycles. The third-order valence-corrected chi connectivity index (χ3v) is 7.02. The number of nitrogens with one attached hydrogen (secondary N) is 2. The maximum Gasteiger partial charge on any atom is 0.404 e. The first kappa shape index (κ1) is 23.4. The van der Waals surface area contributed by atoms with Gasteiger partial charge in [0.05, 0.1) is 24.0 Å². The zero-order chi connectivity index (χ0) is 24.5. The number of halogens is 3. The van der Waals surface area contributed by atoms with E-state index in [1.807, 2.05) is 4.90 Å². The molecule has 0 unspecified atom stereocenters. The molecule has 0 bridgehead atoms. The van der Waals surface area contributed by atoms with E-state index in [0.717, 1.165) is 29.5 Å². The molecule has 0 saturated carbocycles. The first-order valence-corrected chi connectivity index (χ1v) is 11.6. The number of piperidine rings is 1. The monoisotopic (exact) mass is 485 g/mol. The Kier molecular flexibility index (Phi) is 6.48. The normalized spacial score (nSPS) is 22.8. The molecule has 10 heteroatoms. The van der Waals surface area contributed by atoms with E-state index in [4.69, 9.17) is 0 Å². The molecule has 2 aliphatic heterocycles. The number of amides is 1. The van der Waals surface area contributed by atoms with Crippen molar-refractivity contribution in [3.63, 3.8) is 0 Å². The number of benzene rings is 2. The minimum Gasteiger partial charge on any atom is -0.465 e. The zero-order valence-corrected chi connectivity index (χ0v) is 18.9. The van der Waals surface area contributed by atoms with Gasteiger partial charge < -0.3 is 10.4 Å². The fourth-order valence-corrected chi connectivity index (χ4v) is 5.39. The van der Waals surface area contributed by atoms with Gasteiger partial charge in [0.25, 0.3) is 0 Å². The third kappa shape index (κ3) is 4.89. The van der Waals surface area contributed by atoms with E-state index in [1.54, 1.807) is 24.4 Å². The molecule has 1 fully saturated rings. The summed E-state index contributed by atoms with van der Waals surface area (Å²) in [6.45, 7) is 2.14. The van der Waals surface area contributed by atoms with E-state index in [2.05, 4.69) is 20.4 Å². The van der Waals surface area contributed by atoms with Crippen molar-refractivity contribution in [3.8, 4) is 0 Å². The molecule has 0 spiro atoms. The molecule has 3 heterocycles. The highest BCUT2D eigenvalue weighted by Crippen LogP contribution is 2.37. The number of rotatable bonds is 6. The van der Waals surface area contributed by atoms with E-state index in [0.29, 0.717) is 44.6 Å². The molecule has 3 N–H and O–H groups in total. The zero-order valence-electron chi connectivity index (χ0n) is 18.9. The number of aromatic nitrogens is 2. The standard InChI is InChI=1S/C25H26F3N5O2/c26-17-5-6-21(28)19(9-17)24-22(30-25(34)35)10-18(33-12-16-11-29-31-23(16)14-33)13-32(24)8-7-15-3-1-2-4-20(15)27/h1-6,9,11,18,22,24,30H,7-8,10,12-14H2,(H,29,31)(H,34,35)/t18-,22+,24-/m1/s1. The van der Waals surface area contributed by atoms with Gasteiger partial charge >= 0.3 is 6.09 Å². The summed E-state index contributed by atoms with van der Waals surface area (Å²) in [7, 11) is 0. The predicted molar refractivity (Wildman–Crippen MR) is 122 cm³/mol. The number of aromatic amines is 1. The number of carbonyl (C=O) groups is 1. The molecule has 1 aromatic heterocycles. The Morgan fingerprint density at radius 1 is 1.14 bits per heavy atom. The fourth-order valence-electron chi connectivity index (χ4n) is 5.39. The van der Waals surface area contributed by atoms with E-state index in [9.17, 15) is 23.1 Å².